The van der Waals surface area contributed by atoms with Gasteiger partial charge in [0, 0.05) is 0 Å². The van der Waals surface area contributed by atoms with Crippen molar-refractivity contribution >= 4 is 5.97 Å². The molecule has 25 heavy (non-hydrogen) atoms. The Bertz CT molecular complexity index is 629. The summed E-state index contributed by atoms with van der Waals surface area (Å²) in [5.74, 6) is 3.01. The van der Waals surface area contributed by atoms with Crippen molar-refractivity contribution in [2.75, 3.05) is 6.61 Å². The van der Waals surface area contributed by atoms with E-state index in [9.17, 15) is 4.79 Å². The van der Waals surface area contributed by atoms with Gasteiger partial charge in [-0.2, -0.15) is 0 Å². The largest absolute Gasteiger partial charge is 0.482 e. The lowest BCUT2D eigenvalue weighted by Gasteiger charge is -2.31. The van der Waals surface area contributed by atoms with Crippen molar-refractivity contribution in [2.24, 2.45) is 23.2 Å². The van der Waals surface area contributed by atoms with Crippen LogP contribution in [0.25, 0.3) is 0 Å². The summed E-state index contributed by atoms with van der Waals surface area (Å²) in [5, 5.41) is 0. The standard InChI is InChI=1S/C22H32O3/c1-14-9-10-17-12-19-16(11-18(14)17)7-6-8-20(19)24-13-21(23)25-15(2)22(3,4)5/h6-8,14-15,17-18H,9-13H2,1-5H3. The van der Waals surface area contributed by atoms with Gasteiger partial charge in [0.05, 0.1) is 0 Å². The van der Waals surface area contributed by atoms with Crippen LogP contribution in [0.3, 0.4) is 0 Å². The quantitative estimate of drug-likeness (QED) is 0.736. The number of rotatable bonds is 4. The number of esters is 1. The molecule has 1 aromatic carbocycles. The highest BCUT2D eigenvalue weighted by atomic mass is 16.6. The van der Waals surface area contributed by atoms with E-state index < -0.39 is 0 Å². The van der Waals surface area contributed by atoms with Crippen LogP contribution in [0.5, 0.6) is 5.75 Å². The van der Waals surface area contributed by atoms with Crippen LogP contribution >= 0.6 is 0 Å². The summed E-state index contributed by atoms with van der Waals surface area (Å²) in [6.07, 6.45) is 4.79. The molecule has 1 aromatic rings. The molecule has 0 aliphatic heterocycles. The highest BCUT2D eigenvalue weighted by Gasteiger charge is 2.37. The van der Waals surface area contributed by atoms with Gasteiger partial charge in [0.15, 0.2) is 6.61 Å². The highest BCUT2D eigenvalue weighted by molar-refractivity contribution is 5.71. The van der Waals surface area contributed by atoms with Crippen molar-refractivity contribution in [1.29, 1.82) is 0 Å². The van der Waals surface area contributed by atoms with Gasteiger partial charge in [-0.3, -0.25) is 0 Å². The van der Waals surface area contributed by atoms with Crippen molar-refractivity contribution in [3.05, 3.63) is 29.3 Å². The van der Waals surface area contributed by atoms with E-state index in [1.54, 1.807) is 0 Å². The molecule has 0 bridgehead atoms. The minimum absolute atomic E-state index is 0.0125. The van der Waals surface area contributed by atoms with E-state index in [0.717, 1.165) is 36.3 Å². The number of hydrogen-bond acceptors (Lipinski definition) is 3. The number of fused-ring (bicyclic) bond motifs is 2. The average molecular weight is 344 g/mol. The maximum absolute atomic E-state index is 12.1. The van der Waals surface area contributed by atoms with Crippen molar-refractivity contribution < 1.29 is 14.3 Å². The van der Waals surface area contributed by atoms with Crippen LogP contribution in [0.1, 0.15) is 58.6 Å². The van der Waals surface area contributed by atoms with Crippen molar-refractivity contribution in [3.63, 3.8) is 0 Å². The van der Waals surface area contributed by atoms with Crippen molar-refractivity contribution in [1.82, 2.24) is 0 Å². The van der Waals surface area contributed by atoms with E-state index in [1.807, 2.05) is 13.0 Å². The van der Waals surface area contributed by atoms with Gasteiger partial charge in [-0.25, -0.2) is 4.79 Å². The lowest BCUT2D eigenvalue weighted by atomic mass is 9.75. The van der Waals surface area contributed by atoms with Gasteiger partial charge in [0.2, 0.25) is 0 Å². The summed E-state index contributed by atoms with van der Waals surface area (Å²) in [6, 6.07) is 6.28. The highest BCUT2D eigenvalue weighted by Crippen LogP contribution is 2.46. The van der Waals surface area contributed by atoms with Crippen molar-refractivity contribution in [2.45, 2.75) is 66.4 Å². The third-order valence-electron chi connectivity index (χ3n) is 6.35. The fourth-order valence-corrected chi connectivity index (χ4v) is 4.22. The van der Waals surface area contributed by atoms with Gasteiger partial charge in [0.1, 0.15) is 11.9 Å². The number of hydrogen-bond donors (Lipinski definition) is 0. The Balaban J connectivity index is 1.64. The molecule has 1 fully saturated rings. The second-order valence-electron chi connectivity index (χ2n) is 9.07. The van der Waals surface area contributed by atoms with E-state index in [2.05, 4.69) is 39.8 Å². The van der Waals surface area contributed by atoms with Crippen LogP contribution in [-0.2, 0) is 22.4 Å². The molecule has 1 saturated carbocycles. The fraction of sp³-hybridized carbons (Fsp3) is 0.682. The topological polar surface area (TPSA) is 35.5 Å². The van der Waals surface area contributed by atoms with Crippen LogP contribution in [0.2, 0.25) is 0 Å². The Hall–Kier alpha value is -1.51. The number of ether oxygens (including phenoxy) is 2. The Morgan fingerprint density at radius 2 is 2.00 bits per heavy atom. The smallest absolute Gasteiger partial charge is 0.344 e. The summed E-state index contributed by atoms with van der Waals surface area (Å²) < 4.78 is 11.4. The lowest BCUT2D eigenvalue weighted by Crippen LogP contribution is -2.31. The van der Waals surface area contributed by atoms with Gasteiger partial charge < -0.3 is 9.47 Å². The zero-order valence-corrected chi connectivity index (χ0v) is 16.3. The van der Waals surface area contributed by atoms with Crippen LogP contribution in [0.4, 0.5) is 0 Å². The van der Waals surface area contributed by atoms with Gasteiger partial charge in [-0.05, 0) is 66.5 Å². The second kappa shape index (κ2) is 7.01. The molecule has 4 atom stereocenters. The Morgan fingerprint density at radius 3 is 2.72 bits per heavy atom. The molecule has 0 saturated heterocycles. The Labute approximate surface area is 152 Å². The third-order valence-corrected chi connectivity index (χ3v) is 6.35. The summed E-state index contributed by atoms with van der Waals surface area (Å²) in [6.45, 7) is 10.5. The number of carbonyl (C=O) groups is 1. The van der Waals surface area contributed by atoms with Crippen molar-refractivity contribution in [3.8, 4) is 5.75 Å². The monoisotopic (exact) mass is 344 g/mol. The zero-order chi connectivity index (χ0) is 18.2. The maximum Gasteiger partial charge on any atom is 0.344 e. The zero-order valence-electron chi connectivity index (χ0n) is 16.3. The van der Waals surface area contributed by atoms with Crippen LogP contribution in [0.15, 0.2) is 18.2 Å². The minimum Gasteiger partial charge on any atom is -0.482 e. The van der Waals surface area contributed by atoms with Gasteiger partial charge in [0.25, 0.3) is 0 Å². The van der Waals surface area contributed by atoms with E-state index in [4.69, 9.17) is 9.47 Å². The average Bonchev–Trinajstić information content (AvgIpc) is 2.90. The lowest BCUT2D eigenvalue weighted by molar-refractivity contribution is -0.155. The molecule has 0 aromatic heterocycles. The number of carbonyl (C=O) groups excluding carboxylic acids is 1. The molecule has 3 nitrogen and oxygen atoms in total. The first-order valence-corrected chi connectivity index (χ1v) is 9.68. The SMILES string of the molecule is CC1CCC2Cc3c(cccc3OCC(=O)OC(C)C(C)(C)C)CC12. The molecule has 3 rings (SSSR count). The molecule has 4 unspecified atom stereocenters. The maximum atomic E-state index is 12.1. The number of benzene rings is 1. The first-order valence-electron chi connectivity index (χ1n) is 9.68. The Morgan fingerprint density at radius 1 is 1.24 bits per heavy atom. The molecular formula is C22H32O3. The van der Waals surface area contributed by atoms with Crippen LogP contribution in [0, 0.1) is 23.2 Å². The third kappa shape index (κ3) is 4.02. The van der Waals surface area contributed by atoms with Gasteiger partial charge in [-0.15, -0.1) is 0 Å². The summed E-state index contributed by atoms with van der Waals surface area (Å²) >= 11 is 0. The molecule has 2 aliphatic rings. The Kier molecular flexibility index (Phi) is 5.13. The van der Waals surface area contributed by atoms with E-state index in [0.29, 0.717) is 0 Å². The molecule has 0 radical (unpaired) electrons. The molecule has 0 heterocycles. The predicted molar refractivity (Wildman–Crippen MR) is 99.7 cm³/mol. The minimum atomic E-state index is -0.289. The molecule has 2 aliphatic carbocycles. The molecule has 3 heteroatoms. The molecule has 138 valence electrons. The summed E-state index contributed by atoms with van der Waals surface area (Å²) in [5.41, 5.74) is 2.66. The first-order chi connectivity index (χ1) is 11.8. The van der Waals surface area contributed by atoms with E-state index in [1.165, 1.54) is 24.0 Å². The predicted octanol–water partition coefficient (Wildman–Crippen LogP) is 4.80. The molecule has 0 spiro atoms. The molecular weight excluding hydrogens is 312 g/mol. The normalized spacial score (nSPS) is 26.5. The van der Waals surface area contributed by atoms with E-state index in [-0.39, 0.29) is 24.1 Å². The molecule has 0 N–H and O–H groups in total. The van der Waals surface area contributed by atoms with Gasteiger partial charge >= 0.3 is 5.97 Å². The first kappa shape index (κ1) is 18.3. The van der Waals surface area contributed by atoms with E-state index >= 15 is 0 Å². The molecule has 0 amide bonds. The second-order valence-corrected chi connectivity index (χ2v) is 9.07. The van der Waals surface area contributed by atoms with Crippen LogP contribution in [-0.4, -0.2) is 18.7 Å². The summed E-state index contributed by atoms with van der Waals surface area (Å²) in [7, 11) is 0. The summed E-state index contributed by atoms with van der Waals surface area (Å²) in [4.78, 5) is 12.1. The van der Waals surface area contributed by atoms with Gasteiger partial charge in [-0.1, -0.05) is 46.2 Å². The fourth-order valence-electron chi connectivity index (χ4n) is 4.22. The van der Waals surface area contributed by atoms with Crippen LogP contribution < -0.4 is 4.74 Å².